The number of hydrogen-bond acceptors (Lipinski definition) is 4. The molecule has 4 nitrogen and oxygen atoms in total. The summed E-state index contributed by atoms with van der Waals surface area (Å²) in [5, 5.41) is 9.39. The number of carbonyl (C=O) groups is 1. The maximum Gasteiger partial charge on any atom is 0.193 e. The van der Waals surface area contributed by atoms with E-state index in [4.69, 9.17) is 9.47 Å². The molecular formula is C28H24O4. The van der Waals surface area contributed by atoms with Crippen LogP contribution < -0.4 is 9.47 Å². The van der Waals surface area contributed by atoms with Crippen molar-refractivity contribution in [1.82, 2.24) is 0 Å². The number of benzene rings is 4. The van der Waals surface area contributed by atoms with E-state index in [1.807, 2.05) is 78.9 Å². The molecule has 0 radical (unpaired) electrons. The normalized spacial score (nSPS) is 10.5. The molecule has 0 saturated heterocycles. The van der Waals surface area contributed by atoms with Gasteiger partial charge in [0.05, 0.1) is 13.2 Å². The Hall–Kier alpha value is -4.05. The second kappa shape index (κ2) is 10.3. The zero-order chi connectivity index (χ0) is 22.2. The lowest BCUT2D eigenvalue weighted by Gasteiger charge is -2.09. The smallest absolute Gasteiger partial charge is 0.193 e. The van der Waals surface area contributed by atoms with Crippen LogP contribution in [0.25, 0.3) is 11.1 Å². The Kier molecular flexibility index (Phi) is 6.83. The molecule has 1 N–H and O–H groups in total. The lowest BCUT2D eigenvalue weighted by atomic mass is 10.0. The van der Waals surface area contributed by atoms with E-state index < -0.39 is 0 Å². The number of aromatic hydroxyl groups is 1. The highest BCUT2D eigenvalue weighted by molar-refractivity contribution is 6.08. The Morgan fingerprint density at radius 1 is 0.594 bits per heavy atom. The number of carbonyl (C=O) groups excluding carboxylic acids is 1. The van der Waals surface area contributed by atoms with Crippen LogP contribution in [0, 0.1) is 0 Å². The molecule has 0 aromatic heterocycles. The highest BCUT2D eigenvalue weighted by atomic mass is 16.5. The molecule has 0 atom stereocenters. The zero-order valence-corrected chi connectivity index (χ0v) is 17.6. The van der Waals surface area contributed by atoms with E-state index >= 15 is 0 Å². The van der Waals surface area contributed by atoms with Gasteiger partial charge in [-0.25, -0.2) is 0 Å². The van der Waals surface area contributed by atoms with Crippen molar-refractivity contribution in [3.63, 3.8) is 0 Å². The first-order chi connectivity index (χ1) is 15.7. The predicted octanol–water partition coefficient (Wildman–Crippen LogP) is 6.14. The molecule has 0 aliphatic heterocycles. The van der Waals surface area contributed by atoms with E-state index in [1.54, 1.807) is 24.3 Å². The molecule has 0 bridgehead atoms. The van der Waals surface area contributed by atoms with Gasteiger partial charge in [-0.2, -0.15) is 0 Å². The van der Waals surface area contributed by atoms with Gasteiger partial charge in [0.15, 0.2) is 5.78 Å². The van der Waals surface area contributed by atoms with Crippen molar-refractivity contribution in [1.29, 1.82) is 0 Å². The van der Waals surface area contributed by atoms with Crippen LogP contribution in [-0.2, 0) is 0 Å². The molecule has 0 aliphatic carbocycles. The first kappa shape index (κ1) is 21.2. The topological polar surface area (TPSA) is 55.8 Å². The molecule has 4 rings (SSSR count). The van der Waals surface area contributed by atoms with Gasteiger partial charge in [0.2, 0.25) is 0 Å². The van der Waals surface area contributed by atoms with Crippen molar-refractivity contribution >= 4 is 5.78 Å². The summed E-state index contributed by atoms with van der Waals surface area (Å²) >= 11 is 0. The van der Waals surface area contributed by atoms with Crippen molar-refractivity contribution in [2.75, 3.05) is 13.2 Å². The molecule has 0 spiro atoms. The fourth-order valence-electron chi connectivity index (χ4n) is 3.30. The largest absolute Gasteiger partial charge is 0.508 e. The second-order valence-electron chi connectivity index (χ2n) is 7.34. The first-order valence-electron chi connectivity index (χ1n) is 10.5. The first-order valence-corrected chi connectivity index (χ1v) is 10.5. The molecular weight excluding hydrogens is 400 g/mol. The van der Waals surface area contributed by atoms with E-state index in [1.165, 1.54) is 0 Å². The third-order valence-corrected chi connectivity index (χ3v) is 5.03. The number of phenols is 1. The van der Waals surface area contributed by atoms with Crippen molar-refractivity contribution < 1.29 is 19.4 Å². The average molecular weight is 424 g/mol. The minimum absolute atomic E-state index is 0.00183. The standard InChI is InChI=1S/C28H24O4/c29-25-13-7-21(8-14-25)22-9-15-26(16-10-22)31-19-4-20-32-27-17-11-24(12-18-27)28(30)23-5-2-1-3-6-23/h1-3,5-18,29H,4,19-20H2. The van der Waals surface area contributed by atoms with Crippen LogP contribution in [0.1, 0.15) is 22.3 Å². The van der Waals surface area contributed by atoms with Crippen LogP contribution in [0.3, 0.4) is 0 Å². The molecule has 4 aromatic rings. The molecule has 0 saturated carbocycles. The van der Waals surface area contributed by atoms with Gasteiger partial charge in [0.1, 0.15) is 17.2 Å². The lowest BCUT2D eigenvalue weighted by molar-refractivity contribution is 0.103. The predicted molar refractivity (Wildman–Crippen MR) is 125 cm³/mol. The Morgan fingerprint density at radius 3 is 1.62 bits per heavy atom. The summed E-state index contributed by atoms with van der Waals surface area (Å²) < 4.78 is 11.5. The maximum atomic E-state index is 12.4. The Bertz CT molecular complexity index is 1130. The number of ether oxygens (including phenoxy) is 2. The van der Waals surface area contributed by atoms with E-state index in [-0.39, 0.29) is 11.5 Å². The van der Waals surface area contributed by atoms with Crippen molar-refractivity contribution in [3.8, 4) is 28.4 Å². The Morgan fingerprint density at radius 2 is 1.06 bits per heavy atom. The van der Waals surface area contributed by atoms with Gasteiger partial charge in [0, 0.05) is 17.5 Å². The molecule has 4 aromatic carbocycles. The van der Waals surface area contributed by atoms with E-state index in [2.05, 4.69) is 0 Å². The third-order valence-electron chi connectivity index (χ3n) is 5.03. The van der Waals surface area contributed by atoms with Gasteiger partial charge in [0.25, 0.3) is 0 Å². The van der Waals surface area contributed by atoms with Crippen LogP contribution in [0.15, 0.2) is 103 Å². The molecule has 0 aliphatic rings. The molecule has 0 amide bonds. The van der Waals surface area contributed by atoms with Crippen LogP contribution in [0.5, 0.6) is 17.2 Å². The number of ketones is 1. The van der Waals surface area contributed by atoms with Crippen molar-refractivity contribution in [2.24, 2.45) is 0 Å². The molecule has 4 heteroatoms. The Labute approximate surface area is 187 Å². The number of phenolic OH excluding ortho intramolecular Hbond substituents is 1. The summed E-state index contributed by atoms with van der Waals surface area (Å²) in [5.74, 6) is 1.79. The van der Waals surface area contributed by atoms with Crippen molar-refractivity contribution in [2.45, 2.75) is 6.42 Å². The SMILES string of the molecule is O=C(c1ccccc1)c1ccc(OCCCOc2ccc(-c3ccc(O)cc3)cc2)cc1. The van der Waals surface area contributed by atoms with E-state index in [9.17, 15) is 9.90 Å². The quantitative estimate of drug-likeness (QED) is 0.259. The minimum atomic E-state index is 0.00183. The van der Waals surface area contributed by atoms with Gasteiger partial charge in [-0.1, -0.05) is 54.6 Å². The fourth-order valence-corrected chi connectivity index (χ4v) is 3.30. The summed E-state index contributed by atoms with van der Waals surface area (Å²) in [7, 11) is 0. The molecule has 0 fully saturated rings. The van der Waals surface area contributed by atoms with Crippen LogP contribution in [0.2, 0.25) is 0 Å². The van der Waals surface area contributed by atoms with Gasteiger partial charge in [-0.3, -0.25) is 4.79 Å². The van der Waals surface area contributed by atoms with Gasteiger partial charge >= 0.3 is 0 Å². The molecule has 32 heavy (non-hydrogen) atoms. The van der Waals surface area contributed by atoms with E-state index in [0.717, 1.165) is 29.0 Å². The van der Waals surface area contributed by atoms with Gasteiger partial charge in [-0.05, 0) is 59.7 Å². The summed E-state index contributed by atoms with van der Waals surface area (Å²) in [6, 6.07) is 31.4. The second-order valence-corrected chi connectivity index (χ2v) is 7.34. The van der Waals surface area contributed by atoms with Gasteiger partial charge < -0.3 is 14.6 Å². The zero-order valence-electron chi connectivity index (χ0n) is 17.6. The monoisotopic (exact) mass is 424 g/mol. The van der Waals surface area contributed by atoms with Crippen molar-refractivity contribution in [3.05, 3.63) is 114 Å². The molecule has 0 heterocycles. The fraction of sp³-hybridized carbons (Fsp3) is 0.107. The van der Waals surface area contributed by atoms with E-state index in [0.29, 0.717) is 24.3 Å². The van der Waals surface area contributed by atoms with Crippen LogP contribution >= 0.6 is 0 Å². The highest BCUT2D eigenvalue weighted by Gasteiger charge is 2.08. The maximum absolute atomic E-state index is 12.4. The molecule has 0 unspecified atom stereocenters. The highest BCUT2D eigenvalue weighted by Crippen LogP contribution is 2.24. The minimum Gasteiger partial charge on any atom is -0.508 e. The van der Waals surface area contributed by atoms with Crippen LogP contribution in [-0.4, -0.2) is 24.1 Å². The summed E-state index contributed by atoms with van der Waals surface area (Å²) in [6.45, 7) is 1.07. The van der Waals surface area contributed by atoms with Gasteiger partial charge in [-0.15, -0.1) is 0 Å². The third kappa shape index (κ3) is 5.55. The average Bonchev–Trinajstić information content (AvgIpc) is 2.85. The summed E-state index contributed by atoms with van der Waals surface area (Å²) in [4.78, 5) is 12.4. The number of rotatable bonds is 9. The number of hydrogen-bond donors (Lipinski definition) is 1. The lowest BCUT2D eigenvalue weighted by Crippen LogP contribution is -2.05. The summed E-state index contributed by atoms with van der Waals surface area (Å²) in [6.07, 6.45) is 0.740. The summed E-state index contributed by atoms with van der Waals surface area (Å²) in [5.41, 5.74) is 3.42. The Balaban J connectivity index is 1.20. The molecule has 160 valence electrons. The van der Waals surface area contributed by atoms with Crippen LogP contribution in [0.4, 0.5) is 0 Å².